The number of nitrogens with one attached hydrogen (secondary N) is 1. The van der Waals surface area contributed by atoms with Gasteiger partial charge < -0.3 is 15.1 Å². The van der Waals surface area contributed by atoms with Crippen molar-refractivity contribution in [1.82, 2.24) is 19.9 Å². The predicted octanol–water partition coefficient (Wildman–Crippen LogP) is 4.59. The first kappa shape index (κ1) is 19.7. The molecular formula is C24H24N6S. The second kappa shape index (κ2) is 8.45. The molecule has 7 heteroatoms. The van der Waals surface area contributed by atoms with Crippen LogP contribution in [0.4, 0.5) is 11.6 Å². The smallest absolute Gasteiger partial charge is 0.130 e. The van der Waals surface area contributed by atoms with Crippen molar-refractivity contribution in [3.8, 4) is 10.4 Å². The third-order valence-electron chi connectivity index (χ3n) is 5.64. The zero-order valence-electron chi connectivity index (χ0n) is 17.5. The number of aromatic nitrogens is 3. The molecule has 0 amide bonds. The minimum atomic E-state index is 0.775. The lowest BCUT2D eigenvalue weighted by Gasteiger charge is -2.33. The Morgan fingerprint density at radius 1 is 1.00 bits per heavy atom. The fraction of sp³-hybridized carbons (Fsp3) is 0.208. The molecule has 0 aliphatic carbocycles. The summed E-state index contributed by atoms with van der Waals surface area (Å²) in [6, 6.07) is 12.5. The maximum Gasteiger partial charge on any atom is 0.130 e. The molecule has 1 aliphatic heterocycles. The van der Waals surface area contributed by atoms with E-state index in [1.807, 2.05) is 30.2 Å². The van der Waals surface area contributed by atoms with Crippen molar-refractivity contribution in [3.05, 3.63) is 72.6 Å². The molecule has 4 heterocycles. The first-order chi connectivity index (χ1) is 15.2. The van der Waals surface area contributed by atoms with Crippen LogP contribution in [0.25, 0.3) is 26.9 Å². The van der Waals surface area contributed by atoms with Gasteiger partial charge in [0, 0.05) is 61.4 Å². The molecule has 156 valence electrons. The molecule has 1 aromatic carbocycles. The van der Waals surface area contributed by atoms with Gasteiger partial charge in [-0.3, -0.25) is 4.98 Å². The van der Waals surface area contributed by atoms with Crippen molar-refractivity contribution in [2.75, 3.05) is 43.4 Å². The van der Waals surface area contributed by atoms with Crippen molar-refractivity contribution >= 4 is 39.4 Å². The fourth-order valence-corrected chi connectivity index (χ4v) is 4.38. The first-order valence-corrected chi connectivity index (χ1v) is 11.2. The molecule has 5 rings (SSSR count). The van der Waals surface area contributed by atoms with Crippen molar-refractivity contribution in [2.24, 2.45) is 0 Å². The third kappa shape index (κ3) is 4.28. The SMILES string of the molecule is C=C(Nc1cc2cc(-c3cncs3)ccc2cn1)c1ccnc(N2CCN(C)CC2)c1. The summed E-state index contributed by atoms with van der Waals surface area (Å²) in [5.41, 5.74) is 4.85. The molecule has 3 aromatic heterocycles. The maximum atomic E-state index is 4.57. The summed E-state index contributed by atoms with van der Waals surface area (Å²) >= 11 is 1.64. The van der Waals surface area contributed by atoms with Gasteiger partial charge in [-0.25, -0.2) is 9.97 Å². The van der Waals surface area contributed by atoms with E-state index in [9.17, 15) is 0 Å². The van der Waals surface area contributed by atoms with E-state index in [1.54, 1.807) is 11.3 Å². The standard InChI is InChI=1S/C24H24N6S/c1-17(18-5-6-26-24(13-18)30-9-7-29(2)8-10-30)28-23-12-21-11-19(22-15-25-16-31-22)3-4-20(21)14-27-23/h3-6,11-16H,1,7-10H2,2H3,(H,27,28). The highest BCUT2D eigenvalue weighted by Gasteiger charge is 2.16. The summed E-state index contributed by atoms with van der Waals surface area (Å²) in [5.74, 6) is 1.77. The minimum absolute atomic E-state index is 0.775. The molecule has 0 bridgehead atoms. The first-order valence-electron chi connectivity index (χ1n) is 10.3. The monoisotopic (exact) mass is 428 g/mol. The van der Waals surface area contributed by atoms with Crippen molar-refractivity contribution in [3.63, 3.8) is 0 Å². The van der Waals surface area contributed by atoms with Crippen LogP contribution >= 0.6 is 11.3 Å². The van der Waals surface area contributed by atoms with Gasteiger partial charge in [-0.05, 0) is 42.3 Å². The summed E-state index contributed by atoms with van der Waals surface area (Å²) in [6.45, 7) is 8.32. The van der Waals surface area contributed by atoms with Crippen LogP contribution in [0.3, 0.4) is 0 Å². The summed E-state index contributed by atoms with van der Waals surface area (Å²) in [5, 5.41) is 5.60. The van der Waals surface area contributed by atoms with E-state index in [1.165, 1.54) is 0 Å². The second-order valence-corrected chi connectivity index (χ2v) is 8.68. The van der Waals surface area contributed by atoms with Crippen LogP contribution in [0.2, 0.25) is 0 Å². The highest BCUT2D eigenvalue weighted by molar-refractivity contribution is 7.13. The number of nitrogens with zero attached hydrogens (tertiary/aromatic N) is 5. The second-order valence-electron chi connectivity index (χ2n) is 7.79. The van der Waals surface area contributed by atoms with Gasteiger partial charge in [-0.2, -0.15) is 0 Å². The number of fused-ring (bicyclic) bond motifs is 1. The van der Waals surface area contributed by atoms with E-state index in [0.29, 0.717) is 0 Å². The fourth-order valence-electron chi connectivity index (χ4n) is 3.76. The zero-order chi connectivity index (χ0) is 21.2. The largest absolute Gasteiger partial charge is 0.354 e. The van der Waals surface area contributed by atoms with E-state index >= 15 is 0 Å². The number of benzene rings is 1. The Labute approximate surface area is 185 Å². The average molecular weight is 429 g/mol. The molecular weight excluding hydrogens is 404 g/mol. The van der Waals surface area contributed by atoms with Crippen molar-refractivity contribution < 1.29 is 0 Å². The van der Waals surface area contributed by atoms with E-state index in [2.05, 4.69) is 74.0 Å². The quantitative estimate of drug-likeness (QED) is 0.502. The van der Waals surface area contributed by atoms with Crippen LogP contribution in [-0.4, -0.2) is 53.1 Å². The summed E-state index contributed by atoms with van der Waals surface area (Å²) in [4.78, 5) is 19.2. The van der Waals surface area contributed by atoms with Gasteiger partial charge in [-0.1, -0.05) is 18.7 Å². The number of pyridine rings is 2. The molecule has 0 spiro atoms. The van der Waals surface area contributed by atoms with Crippen LogP contribution in [0.1, 0.15) is 5.56 Å². The number of rotatable bonds is 5. The van der Waals surface area contributed by atoms with Crippen LogP contribution in [0.5, 0.6) is 0 Å². The number of hydrogen-bond acceptors (Lipinski definition) is 7. The summed E-state index contributed by atoms with van der Waals surface area (Å²) in [7, 11) is 2.16. The summed E-state index contributed by atoms with van der Waals surface area (Å²) in [6.07, 6.45) is 5.64. The molecule has 1 fully saturated rings. The Balaban J connectivity index is 1.35. The summed E-state index contributed by atoms with van der Waals surface area (Å²) < 4.78 is 0. The maximum absolute atomic E-state index is 4.57. The van der Waals surface area contributed by atoms with Gasteiger partial charge in [0.2, 0.25) is 0 Å². The minimum Gasteiger partial charge on any atom is -0.354 e. The van der Waals surface area contributed by atoms with E-state index in [-0.39, 0.29) is 0 Å². The highest BCUT2D eigenvalue weighted by Crippen LogP contribution is 2.28. The molecule has 0 radical (unpaired) electrons. The van der Waals surface area contributed by atoms with Crippen LogP contribution in [0.15, 0.2) is 67.1 Å². The molecule has 31 heavy (non-hydrogen) atoms. The van der Waals surface area contributed by atoms with Crippen LogP contribution in [-0.2, 0) is 0 Å². The lowest BCUT2D eigenvalue weighted by atomic mass is 10.1. The Morgan fingerprint density at radius 2 is 1.87 bits per heavy atom. The lowest BCUT2D eigenvalue weighted by Crippen LogP contribution is -2.44. The Kier molecular flexibility index (Phi) is 5.36. The molecule has 1 N–H and O–H groups in total. The predicted molar refractivity (Wildman–Crippen MR) is 129 cm³/mol. The van der Waals surface area contributed by atoms with Crippen LogP contribution < -0.4 is 10.2 Å². The molecule has 0 unspecified atom stereocenters. The van der Waals surface area contributed by atoms with Crippen molar-refractivity contribution in [1.29, 1.82) is 0 Å². The molecule has 1 aliphatic rings. The molecule has 0 saturated carbocycles. The number of piperazine rings is 1. The van der Waals surface area contributed by atoms with Gasteiger partial charge in [0.25, 0.3) is 0 Å². The number of hydrogen-bond donors (Lipinski definition) is 1. The van der Waals surface area contributed by atoms with Gasteiger partial charge in [0.05, 0.1) is 10.4 Å². The molecule has 0 atom stereocenters. The molecule has 6 nitrogen and oxygen atoms in total. The average Bonchev–Trinajstić information content (AvgIpc) is 3.34. The van der Waals surface area contributed by atoms with E-state index in [0.717, 1.165) is 70.3 Å². The van der Waals surface area contributed by atoms with E-state index < -0.39 is 0 Å². The number of likely N-dealkylation sites (N-methyl/N-ethyl adjacent to an activating group) is 1. The Hall–Kier alpha value is -3.29. The molecule has 4 aromatic rings. The molecule has 1 saturated heterocycles. The van der Waals surface area contributed by atoms with Gasteiger partial charge in [-0.15, -0.1) is 11.3 Å². The zero-order valence-corrected chi connectivity index (χ0v) is 18.3. The van der Waals surface area contributed by atoms with E-state index in [4.69, 9.17) is 0 Å². The van der Waals surface area contributed by atoms with Gasteiger partial charge in [0.15, 0.2) is 0 Å². The van der Waals surface area contributed by atoms with Crippen molar-refractivity contribution in [2.45, 2.75) is 0 Å². The van der Waals surface area contributed by atoms with Gasteiger partial charge >= 0.3 is 0 Å². The number of thiazole rings is 1. The normalized spacial score (nSPS) is 14.7. The Morgan fingerprint density at radius 3 is 2.68 bits per heavy atom. The number of anilines is 2. The lowest BCUT2D eigenvalue weighted by molar-refractivity contribution is 0.312. The Bertz CT molecular complexity index is 1210. The third-order valence-corrected chi connectivity index (χ3v) is 6.46. The van der Waals surface area contributed by atoms with Crippen LogP contribution in [0, 0.1) is 0 Å². The topological polar surface area (TPSA) is 57.2 Å². The van der Waals surface area contributed by atoms with Gasteiger partial charge in [0.1, 0.15) is 11.6 Å². The highest BCUT2D eigenvalue weighted by atomic mass is 32.1.